The van der Waals surface area contributed by atoms with Crippen LogP contribution >= 0.6 is 0 Å². The van der Waals surface area contributed by atoms with Crippen LogP contribution in [0.5, 0.6) is 0 Å². The van der Waals surface area contributed by atoms with Crippen molar-refractivity contribution in [1.29, 1.82) is 0 Å². The molecule has 7 rings (SSSR count). The molecule has 232 valence electrons. The van der Waals surface area contributed by atoms with Gasteiger partial charge in [-0.25, -0.2) is 4.79 Å². The quantitative estimate of drug-likeness (QED) is 0.437. The molecule has 0 aliphatic carbocycles. The van der Waals surface area contributed by atoms with E-state index in [0.29, 0.717) is 49.8 Å². The SMILES string of the molecule is C[C@@H]1COCCN1c1nc(-c2ccc(NC(=O)Nc3ccc(N4CCN(C)CC4)cc3)cc2)nc(N2C3CCC2COC3)n1. The third-order valence-corrected chi connectivity index (χ3v) is 9.10. The number of piperazine rings is 1. The summed E-state index contributed by atoms with van der Waals surface area (Å²) in [5.74, 6) is 2.00. The smallest absolute Gasteiger partial charge is 0.323 e. The fraction of sp³-hybridized carbons (Fsp3) is 0.500. The number of carbonyl (C=O) groups excluding carboxylic acids is 1. The van der Waals surface area contributed by atoms with Gasteiger partial charge in [0.05, 0.1) is 44.6 Å². The van der Waals surface area contributed by atoms with Gasteiger partial charge in [-0.3, -0.25) is 0 Å². The van der Waals surface area contributed by atoms with Crippen LogP contribution in [0.4, 0.5) is 33.8 Å². The molecule has 2 bridgehead atoms. The molecule has 44 heavy (non-hydrogen) atoms. The molecule has 0 radical (unpaired) electrons. The Morgan fingerprint density at radius 1 is 0.773 bits per heavy atom. The topological polar surface area (TPSA) is 111 Å². The second kappa shape index (κ2) is 12.5. The number of hydrogen-bond acceptors (Lipinski definition) is 10. The highest BCUT2D eigenvalue weighted by molar-refractivity contribution is 5.99. The number of urea groups is 1. The van der Waals surface area contributed by atoms with Gasteiger partial charge in [-0.05, 0) is 75.3 Å². The first kappa shape index (κ1) is 28.8. The monoisotopic (exact) mass is 599 g/mol. The zero-order valence-electron chi connectivity index (χ0n) is 25.5. The van der Waals surface area contributed by atoms with E-state index in [4.69, 9.17) is 24.4 Å². The number of rotatable bonds is 6. The summed E-state index contributed by atoms with van der Waals surface area (Å²) < 4.78 is 11.5. The largest absolute Gasteiger partial charge is 0.377 e. The lowest BCUT2D eigenvalue weighted by Crippen LogP contribution is -2.48. The zero-order valence-corrected chi connectivity index (χ0v) is 25.5. The maximum absolute atomic E-state index is 12.8. The lowest BCUT2D eigenvalue weighted by Gasteiger charge is -2.36. The van der Waals surface area contributed by atoms with Crippen molar-refractivity contribution in [3.05, 3.63) is 48.5 Å². The fourth-order valence-electron chi connectivity index (χ4n) is 6.52. The third kappa shape index (κ3) is 6.15. The van der Waals surface area contributed by atoms with E-state index in [-0.39, 0.29) is 24.2 Å². The molecule has 2 unspecified atom stereocenters. The number of amides is 2. The molecule has 2 amide bonds. The van der Waals surface area contributed by atoms with Gasteiger partial charge < -0.3 is 39.7 Å². The summed E-state index contributed by atoms with van der Waals surface area (Å²) in [5, 5.41) is 5.88. The van der Waals surface area contributed by atoms with Crippen LogP contribution in [0.15, 0.2) is 48.5 Å². The Labute approximate surface area is 258 Å². The Balaban J connectivity index is 1.05. The van der Waals surface area contributed by atoms with E-state index in [1.54, 1.807) is 0 Å². The van der Waals surface area contributed by atoms with Crippen molar-refractivity contribution in [1.82, 2.24) is 19.9 Å². The molecule has 2 aromatic carbocycles. The van der Waals surface area contributed by atoms with Crippen LogP contribution in [0.25, 0.3) is 11.4 Å². The van der Waals surface area contributed by atoms with E-state index >= 15 is 0 Å². The minimum Gasteiger partial charge on any atom is -0.377 e. The Hall–Kier alpha value is -4.00. The van der Waals surface area contributed by atoms with Crippen molar-refractivity contribution >= 4 is 35.0 Å². The lowest BCUT2D eigenvalue weighted by atomic mass is 10.2. The average molecular weight is 600 g/mol. The molecule has 4 aliphatic rings. The van der Waals surface area contributed by atoms with Gasteiger partial charge in [0, 0.05) is 55.3 Å². The maximum Gasteiger partial charge on any atom is 0.323 e. The Morgan fingerprint density at radius 2 is 1.41 bits per heavy atom. The zero-order chi connectivity index (χ0) is 30.0. The van der Waals surface area contributed by atoms with Crippen LogP contribution < -0.4 is 25.3 Å². The van der Waals surface area contributed by atoms with E-state index in [9.17, 15) is 4.79 Å². The summed E-state index contributed by atoms with van der Waals surface area (Å²) >= 11 is 0. The summed E-state index contributed by atoms with van der Waals surface area (Å²) in [4.78, 5) is 36.9. The van der Waals surface area contributed by atoms with Crippen molar-refractivity contribution < 1.29 is 14.3 Å². The first-order valence-electron chi connectivity index (χ1n) is 15.7. The van der Waals surface area contributed by atoms with E-state index in [0.717, 1.165) is 56.8 Å². The van der Waals surface area contributed by atoms with Crippen molar-refractivity contribution in [2.45, 2.75) is 37.9 Å². The van der Waals surface area contributed by atoms with Crippen molar-refractivity contribution in [2.75, 3.05) is 91.5 Å². The van der Waals surface area contributed by atoms with Crippen LogP contribution in [0, 0.1) is 0 Å². The minimum atomic E-state index is -0.293. The number of benzene rings is 2. The molecule has 5 heterocycles. The van der Waals surface area contributed by atoms with Gasteiger partial charge in [-0.15, -0.1) is 0 Å². The number of anilines is 5. The van der Waals surface area contributed by atoms with Crippen molar-refractivity contribution in [2.24, 2.45) is 0 Å². The molecule has 4 fully saturated rings. The summed E-state index contributed by atoms with van der Waals surface area (Å²) in [6, 6.07) is 16.1. The maximum atomic E-state index is 12.8. The second-order valence-electron chi connectivity index (χ2n) is 12.2. The van der Waals surface area contributed by atoms with Crippen LogP contribution in [-0.4, -0.2) is 110 Å². The van der Waals surface area contributed by atoms with E-state index in [1.165, 1.54) is 5.69 Å². The predicted molar refractivity (Wildman–Crippen MR) is 172 cm³/mol. The number of aromatic nitrogens is 3. The molecule has 2 N–H and O–H groups in total. The van der Waals surface area contributed by atoms with Crippen LogP contribution in [-0.2, 0) is 9.47 Å². The van der Waals surface area contributed by atoms with E-state index in [2.05, 4.69) is 56.3 Å². The lowest BCUT2D eigenvalue weighted by molar-refractivity contribution is 0.0895. The Kier molecular flexibility index (Phi) is 8.20. The number of morpholine rings is 2. The predicted octanol–water partition coefficient (Wildman–Crippen LogP) is 3.53. The minimum absolute atomic E-state index is 0.168. The van der Waals surface area contributed by atoms with Gasteiger partial charge in [0.25, 0.3) is 0 Å². The summed E-state index contributed by atoms with van der Waals surface area (Å²) in [6.45, 7) is 9.67. The molecule has 0 saturated carbocycles. The number of nitrogens with zero attached hydrogens (tertiary/aromatic N) is 7. The first-order valence-corrected chi connectivity index (χ1v) is 15.7. The van der Waals surface area contributed by atoms with Crippen LogP contribution in [0.2, 0.25) is 0 Å². The van der Waals surface area contributed by atoms with Gasteiger partial charge in [0.15, 0.2) is 5.82 Å². The molecule has 3 atom stereocenters. The molecular formula is C32H41N9O3. The third-order valence-electron chi connectivity index (χ3n) is 9.10. The highest BCUT2D eigenvalue weighted by atomic mass is 16.5. The molecule has 4 aliphatic heterocycles. The van der Waals surface area contributed by atoms with Gasteiger partial charge in [0.2, 0.25) is 11.9 Å². The molecule has 4 saturated heterocycles. The fourth-order valence-corrected chi connectivity index (χ4v) is 6.52. The summed E-state index contributed by atoms with van der Waals surface area (Å²) in [6.07, 6.45) is 2.16. The number of fused-ring (bicyclic) bond motifs is 2. The standard InChI is InChI=1S/C32H41N9O3/c1-22-19-43-18-17-40(22)30-35-29(36-31(37-30)41-27-11-12-28(41)21-44-20-27)23-3-5-24(6-4-23)33-32(42)34-25-7-9-26(10-8-25)39-15-13-38(2)14-16-39/h3-10,22,27-28H,11-21H2,1-2H3,(H2,33,34,42)/t22-,27?,28?/m1/s1. The van der Waals surface area contributed by atoms with Crippen LogP contribution in [0.1, 0.15) is 19.8 Å². The first-order chi connectivity index (χ1) is 21.5. The molecule has 12 nitrogen and oxygen atoms in total. The molecule has 3 aromatic rings. The molecule has 12 heteroatoms. The number of ether oxygens (including phenoxy) is 2. The van der Waals surface area contributed by atoms with Crippen molar-refractivity contribution in [3.63, 3.8) is 0 Å². The average Bonchev–Trinajstić information content (AvgIpc) is 3.30. The van der Waals surface area contributed by atoms with Crippen molar-refractivity contribution in [3.8, 4) is 11.4 Å². The normalized spacial score (nSPS) is 24.0. The second-order valence-corrected chi connectivity index (χ2v) is 12.2. The van der Waals surface area contributed by atoms with Gasteiger partial charge in [-0.2, -0.15) is 15.0 Å². The van der Waals surface area contributed by atoms with E-state index in [1.807, 2.05) is 36.4 Å². The van der Waals surface area contributed by atoms with Gasteiger partial charge >= 0.3 is 6.03 Å². The van der Waals surface area contributed by atoms with E-state index < -0.39 is 0 Å². The van der Waals surface area contributed by atoms with Crippen LogP contribution in [0.3, 0.4) is 0 Å². The number of likely N-dealkylation sites (N-methyl/N-ethyl adjacent to an activating group) is 1. The summed E-state index contributed by atoms with van der Waals surface area (Å²) in [7, 11) is 2.15. The number of carbonyl (C=O) groups is 1. The summed E-state index contributed by atoms with van der Waals surface area (Å²) in [5.41, 5.74) is 3.47. The molecule has 1 aromatic heterocycles. The number of nitrogens with one attached hydrogen (secondary N) is 2. The Bertz CT molecular complexity index is 1430. The highest BCUT2D eigenvalue weighted by Crippen LogP contribution is 2.34. The van der Waals surface area contributed by atoms with Gasteiger partial charge in [-0.1, -0.05) is 0 Å². The molecule has 0 spiro atoms. The Morgan fingerprint density at radius 3 is 2.07 bits per heavy atom. The molecular weight excluding hydrogens is 558 g/mol. The van der Waals surface area contributed by atoms with Gasteiger partial charge in [0.1, 0.15) is 0 Å². The number of hydrogen-bond donors (Lipinski definition) is 2. The highest BCUT2D eigenvalue weighted by Gasteiger charge is 2.39.